The van der Waals surface area contributed by atoms with E-state index in [1.165, 1.54) is 0 Å². The third kappa shape index (κ3) is 2.57. The van der Waals surface area contributed by atoms with E-state index in [-0.39, 0.29) is 11.9 Å². The van der Waals surface area contributed by atoms with Gasteiger partial charge in [-0.1, -0.05) is 12.1 Å². The van der Waals surface area contributed by atoms with Crippen LogP contribution in [0.15, 0.2) is 42.5 Å². The van der Waals surface area contributed by atoms with Gasteiger partial charge in [-0.25, -0.2) is 0 Å². The van der Waals surface area contributed by atoms with Crippen LogP contribution in [0.1, 0.15) is 28.4 Å². The summed E-state index contributed by atoms with van der Waals surface area (Å²) in [6.07, 6.45) is 0.0290. The van der Waals surface area contributed by atoms with Crippen LogP contribution in [0.2, 0.25) is 0 Å². The number of hydrogen-bond donors (Lipinski definition) is 0. The van der Waals surface area contributed by atoms with Crippen LogP contribution < -0.4 is 14.2 Å². The predicted molar refractivity (Wildman–Crippen MR) is 78.3 cm³/mol. The van der Waals surface area contributed by atoms with Crippen molar-refractivity contribution in [1.29, 1.82) is 0 Å². The number of rotatable bonds is 3. The zero-order chi connectivity index (χ0) is 14.8. The first-order valence-corrected chi connectivity index (χ1v) is 6.73. The topological polar surface area (TPSA) is 44.8 Å². The average molecular weight is 284 g/mol. The lowest BCUT2D eigenvalue weighted by molar-refractivity contribution is 0.0849. The molecule has 0 bridgehead atoms. The van der Waals surface area contributed by atoms with E-state index in [4.69, 9.17) is 14.2 Å². The summed E-state index contributed by atoms with van der Waals surface area (Å²) in [7, 11) is 3.20. The quantitative estimate of drug-likeness (QED) is 0.866. The average Bonchev–Trinajstić information content (AvgIpc) is 2.54. The fraction of sp³-hybridized carbons (Fsp3) is 0.235. The van der Waals surface area contributed by atoms with Gasteiger partial charge in [0.2, 0.25) is 0 Å². The molecule has 1 aliphatic heterocycles. The molecule has 0 fully saturated rings. The molecule has 0 spiro atoms. The number of benzene rings is 2. The van der Waals surface area contributed by atoms with Crippen molar-refractivity contribution >= 4 is 5.78 Å². The maximum absolute atomic E-state index is 12.3. The van der Waals surface area contributed by atoms with Crippen molar-refractivity contribution in [3.8, 4) is 17.2 Å². The van der Waals surface area contributed by atoms with E-state index in [9.17, 15) is 4.79 Å². The van der Waals surface area contributed by atoms with E-state index in [0.29, 0.717) is 23.5 Å². The first kappa shape index (κ1) is 13.5. The number of hydrogen-bond acceptors (Lipinski definition) is 4. The number of carbonyl (C=O) groups is 1. The zero-order valence-electron chi connectivity index (χ0n) is 12.0. The summed E-state index contributed by atoms with van der Waals surface area (Å²) in [5, 5.41) is 0. The molecule has 0 saturated heterocycles. The Morgan fingerprint density at radius 1 is 1.05 bits per heavy atom. The molecular weight excluding hydrogens is 268 g/mol. The Kier molecular flexibility index (Phi) is 3.52. The largest absolute Gasteiger partial charge is 0.497 e. The summed E-state index contributed by atoms with van der Waals surface area (Å²) in [5.74, 6) is 2.07. The number of methoxy groups -OCH3 is 2. The molecule has 4 heteroatoms. The number of ether oxygens (including phenoxy) is 3. The van der Waals surface area contributed by atoms with Crippen LogP contribution in [0.3, 0.4) is 0 Å². The molecule has 1 heterocycles. The first-order valence-electron chi connectivity index (χ1n) is 6.73. The van der Waals surface area contributed by atoms with Gasteiger partial charge >= 0.3 is 0 Å². The number of Topliss-reactive ketones (excluding diaryl/α,β-unsaturated/α-hetero) is 1. The lowest BCUT2D eigenvalue weighted by Gasteiger charge is -2.26. The Hall–Kier alpha value is -2.49. The Morgan fingerprint density at radius 2 is 1.81 bits per heavy atom. The highest BCUT2D eigenvalue weighted by atomic mass is 16.5. The minimum atomic E-state index is -0.284. The summed E-state index contributed by atoms with van der Waals surface area (Å²) >= 11 is 0. The molecule has 0 radical (unpaired) electrons. The van der Waals surface area contributed by atoms with E-state index in [1.54, 1.807) is 32.4 Å². The van der Waals surface area contributed by atoms with Crippen molar-refractivity contribution in [3.63, 3.8) is 0 Å². The molecule has 1 aliphatic rings. The molecular formula is C17H16O4. The number of fused-ring (bicyclic) bond motifs is 1. The molecule has 4 nitrogen and oxygen atoms in total. The molecule has 0 N–H and O–H groups in total. The third-order valence-electron chi connectivity index (χ3n) is 3.59. The maximum atomic E-state index is 12.3. The molecule has 0 amide bonds. The minimum Gasteiger partial charge on any atom is -0.497 e. The zero-order valence-corrected chi connectivity index (χ0v) is 12.0. The maximum Gasteiger partial charge on any atom is 0.170 e. The van der Waals surface area contributed by atoms with Crippen molar-refractivity contribution in [2.45, 2.75) is 12.5 Å². The van der Waals surface area contributed by atoms with Gasteiger partial charge in [-0.3, -0.25) is 4.79 Å². The monoisotopic (exact) mass is 284 g/mol. The molecule has 0 unspecified atom stereocenters. The predicted octanol–water partition coefficient (Wildman–Crippen LogP) is 3.41. The highest BCUT2D eigenvalue weighted by Gasteiger charge is 2.28. The second-order valence-corrected chi connectivity index (χ2v) is 4.87. The van der Waals surface area contributed by atoms with Crippen molar-refractivity contribution in [1.82, 2.24) is 0 Å². The van der Waals surface area contributed by atoms with E-state index < -0.39 is 0 Å². The van der Waals surface area contributed by atoms with Gasteiger partial charge in [-0.15, -0.1) is 0 Å². The first-order chi connectivity index (χ1) is 10.2. The summed E-state index contributed by atoms with van der Waals surface area (Å²) in [4.78, 5) is 12.3. The van der Waals surface area contributed by atoms with Gasteiger partial charge in [0.25, 0.3) is 0 Å². The smallest absolute Gasteiger partial charge is 0.170 e. The molecule has 2 aromatic carbocycles. The van der Waals surface area contributed by atoms with E-state index in [0.717, 1.165) is 11.3 Å². The van der Waals surface area contributed by atoms with Crippen LogP contribution in [0, 0.1) is 0 Å². The lowest BCUT2D eigenvalue weighted by Crippen LogP contribution is -2.20. The highest BCUT2D eigenvalue weighted by Crippen LogP contribution is 2.37. The van der Waals surface area contributed by atoms with Gasteiger partial charge in [0.15, 0.2) is 5.78 Å². The van der Waals surface area contributed by atoms with Crippen LogP contribution in [0.5, 0.6) is 17.2 Å². The van der Waals surface area contributed by atoms with Gasteiger partial charge in [0.1, 0.15) is 23.4 Å². The van der Waals surface area contributed by atoms with E-state index >= 15 is 0 Å². The molecule has 0 aromatic heterocycles. The van der Waals surface area contributed by atoms with Gasteiger partial charge in [0, 0.05) is 0 Å². The SMILES string of the molecule is COc1cccc([C@@H]2CC(=O)c3cc(OC)ccc3O2)c1. The Labute approximate surface area is 123 Å². The summed E-state index contributed by atoms with van der Waals surface area (Å²) in [5.41, 5.74) is 1.51. The summed E-state index contributed by atoms with van der Waals surface area (Å²) < 4.78 is 16.3. The van der Waals surface area contributed by atoms with Crippen molar-refractivity contribution < 1.29 is 19.0 Å². The van der Waals surface area contributed by atoms with Gasteiger partial charge in [-0.05, 0) is 35.9 Å². The van der Waals surface area contributed by atoms with E-state index in [1.807, 2.05) is 24.3 Å². The Bertz CT molecular complexity index is 678. The van der Waals surface area contributed by atoms with Crippen molar-refractivity contribution in [2.75, 3.05) is 14.2 Å². The molecule has 108 valence electrons. The lowest BCUT2D eigenvalue weighted by atomic mass is 9.96. The van der Waals surface area contributed by atoms with Crippen LogP contribution >= 0.6 is 0 Å². The van der Waals surface area contributed by atoms with Crippen LogP contribution in [-0.4, -0.2) is 20.0 Å². The van der Waals surface area contributed by atoms with Gasteiger partial charge in [-0.2, -0.15) is 0 Å². The molecule has 0 aliphatic carbocycles. The Morgan fingerprint density at radius 3 is 2.57 bits per heavy atom. The molecule has 0 saturated carbocycles. The minimum absolute atomic E-state index is 0.0583. The van der Waals surface area contributed by atoms with Crippen LogP contribution in [0.25, 0.3) is 0 Å². The molecule has 21 heavy (non-hydrogen) atoms. The fourth-order valence-corrected chi connectivity index (χ4v) is 2.46. The Balaban J connectivity index is 1.92. The molecule has 1 atom stereocenters. The van der Waals surface area contributed by atoms with E-state index in [2.05, 4.69) is 0 Å². The summed E-state index contributed by atoms with van der Waals surface area (Å²) in [6, 6.07) is 12.9. The van der Waals surface area contributed by atoms with Crippen molar-refractivity contribution in [2.24, 2.45) is 0 Å². The van der Waals surface area contributed by atoms with Gasteiger partial charge in [0.05, 0.1) is 26.2 Å². The van der Waals surface area contributed by atoms with Crippen LogP contribution in [-0.2, 0) is 0 Å². The third-order valence-corrected chi connectivity index (χ3v) is 3.59. The number of ketones is 1. The molecule has 3 rings (SSSR count). The van der Waals surface area contributed by atoms with Gasteiger partial charge < -0.3 is 14.2 Å². The second kappa shape index (κ2) is 5.48. The normalized spacial score (nSPS) is 16.9. The summed E-state index contributed by atoms with van der Waals surface area (Å²) in [6.45, 7) is 0. The standard InChI is InChI=1S/C17H16O4/c1-19-12-5-3-4-11(8-12)17-10-15(18)14-9-13(20-2)6-7-16(14)21-17/h3-9,17H,10H2,1-2H3/t17-/m0/s1. The van der Waals surface area contributed by atoms with Crippen LogP contribution in [0.4, 0.5) is 0 Å². The fourth-order valence-electron chi connectivity index (χ4n) is 2.46. The number of carbonyl (C=O) groups excluding carboxylic acids is 1. The molecule has 2 aromatic rings. The highest BCUT2D eigenvalue weighted by molar-refractivity contribution is 6.00. The van der Waals surface area contributed by atoms with Crippen molar-refractivity contribution in [3.05, 3.63) is 53.6 Å². The second-order valence-electron chi connectivity index (χ2n) is 4.87.